The Morgan fingerprint density at radius 3 is 2.89 bits per heavy atom. The summed E-state index contributed by atoms with van der Waals surface area (Å²) < 4.78 is 10.6. The minimum Gasteiger partial charge on any atom is -0.497 e. The number of aromatic nitrogens is 1. The fraction of sp³-hybridized carbons (Fsp3) is 0.143. The third-order valence-electron chi connectivity index (χ3n) is 2.42. The second-order valence-electron chi connectivity index (χ2n) is 3.77. The Kier molecular flexibility index (Phi) is 4.22. The molecule has 1 aromatic carbocycles. The molecule has 0 atom stereocenters. The van der Waals surface area contributed by atoms with Crippen LogP contribution in [0.25, 0.3) is 0 Å². The molecule has 2 aromatic rings. The lowest BCUT2D eigenvalue weighted by molar-refractivity contribution is 0.293. The highest BCUT2D eigenvalue weighted by Crippen LogP contribution is 2.18. The van der Waals surface area contributed by atoms with E-state index in [9.17, 15) is 0 Å². The van der Waals surface area contributed by atoms with Crippen LogP contribution in [0.1, 0.15) is 11.1 Å². The molecule has 0 fully saturated rings. The first-order valence-electron chi connectivity index (χ1n) is 5.54. The Bertz CT molecular complexity index is 623. The molecular formula is C14H11ClN2O2. The van der Waals surface area contributed by atoms with Crippen LogP contribution in [0.5, 0.6) is 11.6 Å². The van der Waals surface area contributed by atoms with Gasteiger partial charge in [-0.2, -0.15) is 5.26 Å². The number of ether oxygens (including phenoxy) is 2. The van der Waals surface area contributed by atoms with Crippen molar-refractivity contribution in [2.75, 3.05) is 7.11 Å². The molecule has 96 valence electrons. The van der Waals surface area contributed by atoms with Crippen LogP contribution in [0.3, 0.4) is 0 Å². The van der Waals surface area contributed by atoms with Gasteiger partial charge in [-0.05, 0) is 23.8 Å². The summed E-state index contributed by atoms with van der Waals surface area (Å²) in [5.41, 5.74) is 1.36. The van der Waals surface area contributed by atoms with Gasteiger partial charge < -0.3 is 9.47 Å². The minimum absolute atomic E-state index is 0.236. The Labute approximate surface area is 116 Å². The summed E-state index contributed by atoms with van der Waals surface area (Å²) in [6.45, 7) is 0.329. The molecule has 0 radical (unpaired) electrons. The predicted molar refractivity (Wildman–Crippen MR) is 71.3 cm³/mol. The predicted octanol–water partition coefficient (Wildman–Crippen LogP) is 3.19. The van der Waals surface area contributed by atoms with E-state index in [0.717, 1.165) is 11.3 Å². The fourth-order valence-electron chi connectivity index (χ4n) is 1.53. The summed E-state index contributed by atoms with van der Waals surface area (Å²) >= 11 is 5.80. The largest absolute Gasteiger partial charge is 0.497 e. The van der Waals surface area contributed by atoms with Crippen LogP contribution in [0.4, 0.5) is 0 Å². The Balaban J connectivity index is 2.10. The summed E-state index contributed by atoms with van der Waals surface area (Å²) in [4.78, 5) is 4.00. The Morgan fingerprint density at radius 2 is 2.16 bits per heavy atom. The number of rotatable bonds is 4. The topological polar surface area (TPSA) is 55.1 Å². The van der Waals surface area contributed by atoms with Gasteiger partial charge in [-0.25, -0.2) is 4.98 Å². The molecule has 0 aliphatic rings. The molecule has 5 heteroatoms. The smallest absolute Gasteiger partial charge is 0.216 e. The summed E-state index contributed by atoms with van der Waals surface area (Å²) in [7, 11) is 1.61. The van der Waals surface area contributed by atoms with E-state index in [1.54, 1.807) is 13.2 Å². The lowest BCUT2D eigenvalue weighted by atomic mass is 10.2. The SMILES string of the molecule is COc1cccc(COc2cc(C#N)cc(Cl)n2)c1. The quantitative estimate of drug-likeness (QED) is 0.804. The lowest BCUT2D eigenvalue weighted by Gasteiger charge is -2.07. The highest BCUT2D eigenvalue weighted by Gasteiger charge is 2.03. The molecule has 1 aromatic heterocycles. The first-order chi connectivity index (χ1) is 9.21. The van der Waals surface area contributed by atoms with Crippen LogP contribution in [-0.4, -0.2) is 12.1 Å². The molecule has 2 rings (SSSR count). The van der Waals surface area contributed by atoms with Crippen molar-refractivity contribution in [3.8, 4) is 17.7 Å². The first kappa shape index (κ1) is 13.2. The van der Waals surface area contributed by atoms with Gasteiger partial charge in [0, 0.05) is 6.07 Å². The van der Waals surface area contributed by atoms with Crippen LogP contribution >= 0.6 is 11.6 Å². The summed E-state index contributed by atoms with van der Waals surface area (Å²) in [5.74, 6) is 1.09. The summed E-state index contributed by atoms with van der Waals surface area (Å²) in [5, 5.41) is 9.07. The number of halogens is 1. The van der Waals surface area contributed by atoms with E-state index in [0.29, 0.717) is 18.1 Å². The zero-order chi connectivity index (χ0) is 13.7. The minimum atomic E-state index is 0.236. The van der Waals surface area contributed by atoms with Crippen LogP contribution in [0.15, 0.2) is 36.4 Å². The van der Waals surface area contributed by atoms with Crippen molar-refractivity contribution in [2.45, 2.75) is 6.61 Å². The average molecular weight is 275 g/mol. The molecule has 0 aliphatic carbocycles. The maximum atomic E-state index is 8.83. The van der Waals surface area contributed by atoms with Gasteiger partial charge in [0.25, 0.3) is 0 Å². The number of methoxy groups -OCH3 is 1. The lowest BCUT2D eigenvalue weighted by Crippen LogP contribution is -1.98. The second-order valence-corrected chi connectivity index (χ2v) is 4.16. The molecule has 0 saturated heterocycles. The van der Waals surface area contributed by atoms with Crippen LogP contribution in [-0.2, 0) is 6.61 Å². The molecule has 0 amide bonds. The van der Waals surface area contributed by atoms with E-state index < -0.39 is 0 Å². The normalized spacial score (nSPS) is 9.74. The number of hydrogen-bond donors (Lipinski definition) is 0. The number of pyridine rings is 1. The van der Waals surface area contributed by atoms with E-state index >= 15 is 0 Å². The van der Waals surface area contributed by atoms with Gasteiger partial charge in [-0.15, -0.1) is 0 Å². The van der Waals surface area contributed by atoms with Crippen molar-refractivity contribution in [1.29, 1.82) is 5.26 Å². The third-order valence-corrected chi connectivity index (χ3v) is 2.61. The molecule has 0 unspecified atom stereocenters. The van der Waals surface area contributed by atoms with E-state index in [1.165, 1.54) is 6.07 Å². The maximum absolute atomic E-state index is 8.83. The zero-order valence-electron chi connectivity index (χ0n) is 10.3. The van der Waals surface area contributed by atoms with Crippen LogP contribution in [0, 0.1) is 11.3 Å². The van der Waals surface area contributed by atoms with Gasteiger partial charge in [-0.3, -0.25) is 0 Å². The third kappa shape index (κ3) is 3.60. The van der Waals surface area contributed by atoms with Crippen molar-refractivity contribution in [1.82, 2.24) is 4.98 Å². The number of hydrogen-bond acceptors (Lipinski definition) is 4. The van der Waals surface area contributed by atoms with Crippen molar-refractivity contribution >= 4 is 11.6 Å². The molecule has 0 saturated carbocycles. The number of benzene rings is 1. The Hall–Kier alpha value is -2.25. The van der Waals surface area contributed by atoms with Crippen molar-refractivity contribution in [3.05, 3.63) is 52.7 Å². The van der Waals surface area contributed by atoms with Gasteiger partial charge in [0.2, 0.25) is 5.88 Å². The van der Waals surface area contributed by atoms with Crippen LogP contribution < -0.4 is 9.47 Å². The maximum Gasteiger partial charge on any atom is 0.216 e. The number of nitriles is 1. The van der Waals surface area contributed by atoms with Gasteiger partial charge in [0.05, 0.1) is 18.7 Å². The molecule has 19 heavy (non-hydrogen) atoms. The molecular weight excluding hydrogens is 264 g/mol. The standard InChI is InChI=1S/C14H11ClN2O2/c1-18-12-4-2-3-10(5-12)9-19-14-7-11(8-16)6-13(15)17-14/h2-7H,9H2,1H3. The van der Waals surface area contributed by atoms with E-state index in [1.807, 2.05) is 30.3 Å². The number of nitrogens with zero attached hydrogens (tertiary/aromatic N) is 2. The monoisotopic (exact) mass is 274 g/mol. The second kappa shape index (κ2) is 6.07. The van der Waals surface area contributed by atoms with E-state index in [2.05, 4.69) is 4.98 Å². The van der Waals surface area contributed by atoms with Gasteiger partial charge in [0.15, 0.2) is 0 Å². The first-order valence-corrected chi connectivity index (χ1v) is 5.92. The highest BCUT2D eigenvalue weighted by molar-refractivity contribution is 6.29. The molecule has 0 bridgehead atoms. The van der Waals surface area contributed by atoms with Crippen LogP contribution in [0.2, 0.25) is 5.15 Å². The van der Waals surface area contributed by atoms with Gasteiger partial charge in [0.1, 0.15) is 17.5 Å². The molecule has 0 N–H and O–H groups in total. The molecule has 0 aliphatic heterocycles. The van der Waals surface area contributed by atoms with E-state index in [-0.39, 0.29) is 5.15 Å². The van der Waals surface area contributed by atoms with Crippen molar-refractivity contribution in [2.24, 2.45) is 0 Å². The van der Waals surface area contributed by atoms with Gasteiger partial charge >= 0.3 is 0 Å². The Morgan fingerprint density at radius 1 is 1.32 bits per heavy atom. The fourth-order valence-corrected chi connectivity index (χ4v) is 1.73. The molecule has 0 spiro atoms. The zero-order valence-corrected chi connectivity index (χ0v) is 11.0. The average Bonchev–Trinajstić information content (AvgIpc) is 2.44. The van der Waals surface area contributed by atoms with Gasteiger partial charge in [-0.1, -0.05) is 23.7 Å². The highest BCUT2D eigenvalue weighted by atomic mass is 35.5. The van der Waals surface area contributed by atoms with Crippen molar-refractivity contribution < 1.29 is 9.47 Å². The molecule has 1 heterocycles. The summed E-state index contributed by atoms with van der Waals surface area (Å²) in [6, 6.07) is 12.6. The molecule has 4 nitrogen and oxygen atoms in total. The summed E-state index contributed by atoms with van der Waals surface area (Å²) in [6.07, 6.45) is 0. The van der Waals surface area contributed by atoms with E-state index in [4.69, 9.17) is 26.3 Å². The van der Waals surface area contributed by atoms with Crippen molar-refractivity contribution in [3.63, 3.8) is 0 Å².